The summed E-state index contributed by atoms with van der Waals surface area (Å²) in [4.78, 5) is 25.2. The summed E-state index contributed by atoms with van der Waals surface area (Å²) < 4.78 is 0.794. The van der Waals surface area contributed by atoms with E-state index in [0.29, 0.717) is 22.5 Å². The van der Waals surface area contributed by atoms with Crippen LogP contribution in [0.1, 0.15) is 31.8 Å². The predicted molar refractivity (Wildman–Crippen MR) is 128 cm³/mol. The van der Waals surface area contributed by atoms with Gasteiger partial charge in [0, 0.05) is 15.7 Å². The zero-order chi connectivity index (χ0) is 21.7. The van der Waals surface area contributed by atoms with E-state index >= 15 is 0 Å². The van der Waals surface area contributed by atoms with E-state index in [4.69, 9.17) is 12.2 Å². The zero-order valence-corrected chi connectivity index (χ0v) is 18.9. The third kappa shape index (κ3) is 5.52. The maximum absolute atomic E-state index is 12.8. The second kappa shape index (κ2) is 9.65. The van der Waals surface area contributed by atoms with Crippen molar-refractivity contribution < 1.29 is 9.59 Å². The molecule has 0 spiro atoms. The minimum Gasteiger partial charge on any atom is -0.332 e. The van der Waals surface area contributed by atoms with Crippen LogP contribution in [-0.2, 0) is 0 Å². The maximum atomic E-state index is 12.8. The van der Waals surface area contributed by atoms with Gasteiger partial charge in [0.05, 0.1) is 11.3 Å². The lowest BCUT2D eigenvalue weighted by Crippen LogP contribution is -2.34. The number of nitrogens with one attached hydrogen (secondary N) is 3. The first kappa shape index (κ1) is 21.7. The summed E-state index contributed by atoms with van der Waals surface area (Å²) in [5.74, 6) is -0.617. The molecule has 0 aliphatic heterocycles. The van der Waals surface area contributed by atoms with Gasteiger partial charge in [0.25, 0.3) is 11.8 Å². The van der Waals surface area contributed by atoms with Crippen LogP contribution in [0.3, 0.4) is 0 Å². The summed E-state index contributed by atoms with van der Waals surface area (Å²) in [5, 5.41) is 8.57. The molecule has 0 fully saturated rings. The van der Waals surface area contributed by atoms with Gasteiger partial charge in [0.2, 0.25) is 0 Å². The van der Waals surface area contributed by atoms with Crippen LogP contribution in [0.25, 0.3) is 0 Å². The van der Waals surface area contributed by atoms with Gasteiger partial charge in [-0.2, -0.15) is 0 Å². The zero-order valence-electron chi connectivity index (χ0n) is 16.5. The monoisotopic (exact) mass is 481 g/mol. The SMILES string of the molecule is Cc1ccc(NC(=O)c2ccccc2NC(=S)NC(=O)c2cccc(Br)c2)cc1C. The van der Waals surface area contributed by atoms with Crippen LogP contribution in [0.15, 0.2) is 71.2 Å². The number of halogens is 1. The number of amides is 2. The van der Waals surface area contributed by atoms with Crippen LogP contribution in [0.4, 0.5) is 11.4 Å². The van der Waals surface area contributed by atoms with Gasteiger partial charge in [0.15, 0.2) is 5.11 Å². The molecule has 0 aromatic heterocycles. The molecule has 7 heteroatoms. The number of rotatable bonds is 4. The van der Waals surface area contributed by atoms with Crippen molar-refractivity contribution in [3.05, 3.63) is 93.5 Å². The Balaban J connectivity index is 1.71. The van der Waals surface area contributed by atoms with Crippen molar-refractivity contribution in [2.24, 2.45) is 0 Å². The van der Waals surface area contributed by atoms with E-state index in [1.54, 1.807) is 42.5 Å². The number of carbonyl (C=O) groups is 2. The lowest BCUT2D eigenvalue weighted by molar-refractivity contribution is 0.0976. The summed E-state index contributed by atoms with van der Waals surface area (Å²) in [5.41, 5.74) is 4.34. The minimum atomic E-state index is -0.342. The van der Waals surface area contributed by atoms with Gasteiger partial charge in [-0.25, -0.2) is 0 Å². The number of para-hydroxylation sites is 1. The molecule has 0 atom stereocenters. The van der Waals surface area contributed by atoms with Crippen LogP contribution < -0.4 is 16.0 Å². The lowest BCUT2D eigenvalue weighted by Gasteiger charge is -2.14. The van der Waals surface area contributed by atoms with Crippen molar-refractivity contribution in [3.8, 4) is 0 Å². The van der Waals surface area contributed by atoms with Gasteiger partial charge in [0.1, 0.15) is 0 Å². The average Bonchev–Trinajstić information content (AvgIpc) is 2.71. The molecule has 0 unspecified atom stereocenters. The van der Waals surface area contributed by atoms with E-state index < -0.39 is 0 Å². The van der Waals surface area contributed by atoms with Crippen molar-refractivity contribution in [3.63, 3.8) is 0 Å². The number of aryl methyl sites for hydroxylation is 2. The molecule has 0 aliphatic carbocycles. The molecule has 5 nitrogen and oxygen atoms in total. The fourth-order valence-corrected chi connectivity index (χ4v) is 3.37. The Labute approximate surface area is 189 Å². The summed E-state index contributed by atoms with van der Waals surface area (Å²) >= 11 is 8.60. The van der Waals surface area contributed by atoms with Crippen LogP contribution >= 0.6 is 28.1 Å². The Morgan fingerprint density at radius 1 is 0.833 bits per heavy atom. The van der Waals surface area contributed by atoms with E-state index in [1.807, 2.05) is 38.1 Å². The van der Waals surface area contributed by atoms with E-state index in [0.717, 1.165) is 15.6 Å². The van der Waals surface area contributed by atoms with Crippen LogP contribution in [0.2, 0.25) is 0 Å². The first-order valence-corrected chi connectivity index (χ1v) is 10.4. The molecule has 3 aromatic carbocycles. The molecule has 0 saturated heterocycles. The van der Waals surface area contributed by atoms with Crippen molar-refractivity contribution in [2.45, 2.75) is 13.8 Å². The molecule has 0 heterocycles. The Hall–Kier alpha value is -3.03. The first-order valence-electron chi connectivity index (χ1n) is 9.19. The summed E-state index contributed by atoms with van der Waals surface area (Å²) in [7, 11) is 0. The number of hydrogen-bond acceptors (Lipinski definition) is 3. The fourth-order valence-electron chi connectivity index (χ4n) is 2.77. The summed E-state index contributed by atoms with van der Waals surface area (Å²) in [6, 6.07) is 19.7. The largest absolute Gasteiger partial charge is 0.332 e. The normalized spacial score (nSPS) is 10.2. The van der Waals surface area contributed by atoms with Gasteiger partial charge >= 0.3 is 0 Å². The van der Waals surface area contributed by atoms with Gasteiger partial charge < -0.3 is 10.6 Å². The highest BCUT2D eigenvalue weighted by atomic mass is 79.9. The van der Waals surface area contributed by atoms with Gasteiger partial charge in [-0.1, -0.05) is 40.2 Å². The molecule has 3 aromatic rings. The minimum absolute atomic E-state index is 0.103. The highest BCUT2D eigenvalue weighted by Crippen LogP contribution is 2.19. The standard InChI is InChI=1S/C23H20BrN3O2S/c1-14-10-11-18(12-15(14)2)25-22(29)19-8-3-4-9-20(19)26-23(30)27-21(28)16-6-5-7-17(24)13-16/h3-13H,1-2H3,(H,25,29)(H2,26,27,28,30). The van der Waals surface area contributed by atoms with E-state index in [1.165, 1.54) is 0 Å². The number of hydrogen-bond donors (Lipinski definition) is 3. The topological polar surface area (TPSA) is 70.2 Å². The lowest BCUT2D eigenvalue weighted by atomic mass is 10.1. The smallest absolute Gasteiger partial charge is 0.257 e. The first-order chi connectivity index (χ1) is 14.3. The molecular weight excluding hydrogens is 462 g/mol. The molecule has 152 valence electrons. The number of benzene rings is 3. The molecule has 0 aliphatic rings. The Bertz CT molecular complexity index is 1130. The van der Waals surface area contributed by atoms with Crippen LogP contribution in [0, 0.1) is 13.8 Å². The second-order valence-corrected chi connectivity index (χ2v) is 8.04. The third-order valence-electron chi connectivity index (χ3n) is 4.50. The van der Waals surface area contributed by atoms with Gasteiger partial charge in [-0.3, -0.25) is 14.9 Å². The van der Waals surface area contributed by atoms with Crippen LogP contribution in [-0.4, -0.2) is 16.9 Å². The Morgan fingerprint density at radius 2 is 1.60 bits per heavy atom. The molecule has 0 radical (unpaired) electrons. The van der Waals surface area contributed by atoms with Crippen molar-refractivity contribution in [1.29, 1.82) is 0 Å². The molecular formula is C23H20BrN3O2S. The van der Waals surface area contributed by atoms with Crippen molar-refractivity contribution in [2.75, 3.05) is 10.6 Å². The average molecular weight is 482 g/mol. The molecule has 0 saturated carbocycles. The van der Waals surface area contributed by atoms with E-state index in [2.05, 4.69) is 31.9 Å². The van der Waals surface area contributed by atoms with Crippen LogP contribution in [0.5, 0.6) is 0 Å². The summed E-state index contributed by atoms with van der Waals surface area (Å²) in [6.07, 6.45) is 0. The number of carbonyl (C=O) groups excluding carboxylic acids is 2. The van der Waals surface area contributed by atoms with E-state index in [-0.39, 0.29) is 16.9 Å². The molecule has 30 heavy (non-hydrogen) atoms. The van der Waals surface area contributed by atoms with Crippen molar-refractivity contribution in [1.82, 2.24) is 5.32 Å². The second-order valence-electron chi connectivity index (χ2n) is 6.72. The fraction of sp³-hybridized carbons (Fsp3) is 0.0870. The maximum Gasteiger partial charge on any atom is 0.257 e. The molecule has 2 amide bonds. The Kier molecular flexibility index (Phi) is 6.97. The molecule has 3 N–H and O–H groups in total. The number of thiocarbonyl (C=S) groups is 1. The highest BCUT2D eigenvalue weighted by Gasteiger charge is 2.14. The highest BCUT2D eigenvalue weighted by molar-refractivity contribution is 9.10. The summed E-state index contributed by atoms with van der Waals surface area (Å²) in [6.45, 7) is 4.01. The third-order valence-corrected chi connectivity index (χ3v) is 5.20. The van der Waals surface area contributed by atoms with Gasteiger partial charge in [-0.15, -0.1) is 0 Å². The molecule has 0 bridgehead atoms. The van der Waals surface area contributed by atoms with Gasteiger partial charge in [-0.05, 0) is 79.7 Å². The Morgan fingerprint density at radius 3 is 2.33 bits per heavy atom. The van der Waals surface area contributed by atoms with Crippen molar-refractivity contribution >= 4 is 56.4 Å². The molecule has 3 rings (SSSR count). The van der Waals surface area contributed by atoms with E-state index in [9.17, 15) is 9.59 Å². The quantitative estimate of drug-likeness (QED) is 0.433. The number of anilines is 2. The predicted octanol–water partition coefficient (Wildman–Crippen LogP) is 5.45.